The van der Waals surface area contributed by atoms with Crippen molar-refractivity contribution in [1.82, 2.24) is 4.72 Å². The fourth-order valence-electron chi connectivity index (χ4n) is 3.01. The Morgan fingerprint density at radius 3 is 2.36 bits per heavy atom. The van der Waals surface area contributed by atoms with Gasteiger partial charge in [-0.2, -0.15) is 5.26 Å². The Hall–Kier alpha value is -3.67. The summed E-state index contributed by atoms with van der Waals surface area (Å²) in [6, 6.07) is 21.9. The minimum absolute atomic E-state index is 0.0878. The average molecular weight is 464 g/mol. The van der Waals surface area contributed by atoms with E-state index in [-0.39, 0.29) is 17.4 Å². The smallest absolute Gasteiger partial charge is 0.255 e. The minimum atomic E-state index is -3.67. The molecule has 3 aromatic rings. The van der Waals surface area contributed by atoms with Crippen molar-refractivity contribution in [3.63, 3.8) is 0 Å². The number of amides is 1. The van der Waals surface area contributed by atoms with Crippen molar-refractivity contribution in [2.24, 2.45) is 0 Å². The molecule has 7 nitrogen and oxygen atoms in total. The second-order valence-corrected chi connectivity index (χ2v) is 10.1. The van der Waals surface area contributed by atoms with Crippen LogP contribution in [-0.4, -0.2) is 19.9 Å². The van der Waals surface area contributed by atoms with Gasteiger partial charge in [0, 0.05) is 22.9 Å². The molecule has 0 aromatic heterocycles. The van der Waals surface area contributed by atoms with Crippen molar-refractivity contribution in [3.05, 3.63) is 89.5 Å². The van der Waals surface area contributed by atoms with Crippen LogP contribution in [0.4, 0.5) is 5.69 Å². The van der Waals surface area contributed by atoms with E-state index in [1.165, 1.54) is 24.3 Å². The number of nitrogens with zero attached hydrogens (tertiary/aromatic N) is 1. The molecule has 0 heterocycles. The Morgan fingerprint density at radius 2 is 1.70 bits per heavy atom. The largest absolute Gasteiger partial charge is 0.489 e. The van der Waals surface area contributed by atoms with Crippen LogP contribution in [0.5, 0.6) is 5.75 Å². The molecule has 170 valence electrons. The second-order valence-electron chi connectivity index (χ2n) is 8.46. The molecule has 0 fully saturated rings. The number of benzene rings is 3. The lowest BCUT2D eigenvalue weighted by Gasteiger charge is -2.20. The van der Waals surface area contributed by atoms with Crippen molar-refractivity contribution in [3.8, 4) is 11.8 Å². The molecule has 33 heavy (non-hydrogen) atoms. The quantitative estimate of drug-likeness (QED) is 0.538. The van der Waals surface area contributed by atoms with Crippen LogP contribution in [-0.2, 0) is 16.6 Å². The zero-order valence-electron chi connectivity index (χ0n) is 18.6. The molecule has 0 aliphatic rings. The number of rotatable bonds is 7. The predicted octanol–water partition coefficient (Wildman–Crippen LogP) is 4.47. The molecule has 0 aliphatic heterocycles. The number of hydrogen-bond acceptors (Lipinski definition) is 5. The number of nitrogens with one attached hydrogen (secondary N) is 2. The van der Waals surface area contributed by atoms with Gasteiger partial charge in [0.1, 0.15) is 12.4 Å². The Bertz CT molecular complexity index is 1290. The Kier molecular flexibility index (Phi) is 7.16. The molecular weight excluding hydrogens is 438 g/mol. The van der Waals surface area contributed by atoms with Crippen molar-refractivity contribution in [2.75, 3.05) is 5.32 Å². The van der Waals surface area contributed by atoms with Crippen LogP contribution < -0.4 is 14.8 Å². The lowest BCUT2D eigenvalue weighted by Crippen LogP contribution is -2.40. The van der Waals surface area contributed by atoms with Crippen LogP contribution in [0.15, 0.2) is 77.7 Å². The first-order valence-electron chi connectivity index (χ1n) is 10.2. The van der Waals surface area contributed by atoms with Crippen LogP contribution in [0.2, 0.25) is 0 Å². The zero-order valence-corrected chi connectivity index (χ0v) is 19.4. The molecule has 0 atom stereocenters. The summed E-state index contributed by atoms with van der Waals surface area (Å²) in [6.45, 7) is 5.56. The van der Waals surface area contributed by atoms with E-state index in [4.69, 9.17) is 10.00 Å². The van der Waals surface area contributed by atoms with Gasteiger partial charge >= 0.3 is 0 Å². The summed E-state index contributed by atoms with van der Waals surface area (Å²) in [5, 5.41) is 11.8. The van der Waals surface area contributed by atoms with Gasteiger partial charge in [-0.25, -0.2) is 13.1 Å². The first-order chi connectivity index (χ1) is 15.6. The Balaban J connectivity index is 1.65. The van der Waals surface area contributed by atoms with Gasteiger partial charge in [0.15, 0.2) is 0 Å². The number of carbonyl (C=O) groups is 1. The van der Waals surface area contributed by atoms with Crippen molar-refractivity contribution in [2.45, 2.75) is 37.8 Å². The highest BCUT2D eigenvalue weighted by molar-refractivity contribution is 7.89. The molecule has 0 saturated heterocycles. The van der Waals surface area contributed by atoms with Gasteiger partial charge in [-0.05, 0) is 74.9 Å². The summed E-state index contributed by atoms with van der Waals surface area (Å²) in [5.41, 5.74) is 1.67. The van der Waals surface area contributed by atoms with Crippen molar-refractivity contribution in [1.29, 1.82) is 5.26 Å². The van der Waals surface area contributed by atoms with Crippen LogP contribution >= 0.6 is 0 Å². The number of ether oxygens (including phenoxy) is 1. The minimum Gasteiger partial charge on any atom is -0.489 e. The van der Waals surface area contributed by atoms with Gasteiger partial charge < -0.3 is 10.1 Å². The maximum absolute atomic E-state index is 12.6. The van der Waals surface area contributed by atoms with Crippen LogP contribution in [0, 0.1) is 11.3 Å². The third-order valence-electron chi connectivity index (χ3n) is 4.42. The van der Waals surface area contributed by atoms with E-state index in [0.717, 1.165) is 5.56 Å². The SMILES string of the molecule is CC(C)(C)NS(=O)(=O)c1ccc(C(=O)Nc2cccc(OCc3cccc(C#N)c3)c2)cc1. The second kappa shape index (κ2) is 9.86. The Morgan fingerprint density at radius 1 is 1.00 bits per heavy atom. The Labute approximate surface area is 194 Å². The van der Waals surface area contributed by atoms with Crippen molar-refractivity contribution < 1.29 is 17.9 Å². The summed E-state index contributed by atoms with van der Waals surface area (Å²) in [6.07, 6.45) is 0. The lowest BCUT2D eigenvalue weighted by molar-refractivity contribution is 0.102. The molecule has 0 unspecified atom stereocenters. The van der Waals surface area contributed by atoms with E-state index in [1.807, 2.05) is 6.07 Å². The fraction of sp³-hybridized carbons (Fsp3) is 0.200. The van der Waals surface area contributed by atoms with Crippen LogP contribution in [0.3, 0.4) is 0 Å². The number of hydrogen-bond donors (Lipinski definition) is 2. The molecule has 0 spiro atoms. The molecule has 3 aromatic carbocycles. The lowest BCUT2D eigenvalue weighted by atomic mass is 10.1. The first-order valence-corrected chi connectivity index (χ1v) is 11.7. The molecule has 0 aliphatic carbocycles. The molecule has 8 heteroatoms. The fourth-order valence-corrected chi connectivity index (χ4v) is 4.43. The molecule has 3 rings (SSSR count). The molecule has 0 bridgehead atoms. The summed E-state index contributed by atoms with van der Waals surface area (Å²) in [4.78, 5) is 12.7. The third-order valence-corrected chi connectivity index (χ3v) is 6.19. The summed E-state index contributed by atoms with van der Waals surface area (Å²) in [7, 11) is -3.67. The topological polar surface area (TPSA) is 108 Å². The number of sulfonamides is 1. The maximum Gasteiger partial charge on any atom is 0.255 e. The summed E-state index contributed by atoms with van der Waals surface area (Å²) < 4.78 is 33.2. The molecule has 2 N–H and O–H groups in total. The van der Waals surface area contributed by atoms with Crippen LogP contribution in [0.1, 0.15) is 42.3 Å². The van der Waals surface area contributed by atoms with Gasteiger partial charge in [-0.1, -0.05) is 18.2 Å². The standard InChI is InChI=1S/C25H25N3O4S/c1-25(2,3)28-33(30,31)23-12-10-20(11-13-23)24(29)27-21-8-5-9-22(15-21)32-17-19-7-4-6-18(14-19)16-26/h4-15,28H,17H2,1-3H3,(H,27,29). The van der Waals surface area contributed by atoms with Crippen LogP contribution in [0.25, 0.3) is 0 Å². The number of nitriles is 1. The van der Waals surface area contributed by atoms with E-state index in [9.17, 15) is 13.2 Å². The van der Waals surface area contributed by atoms with Gasteiger partial charge in [-0.15, -0.1) is 0 Å². The van der Waals surface area contributed by atoms with E-state index in [2.05, 4.69) is 16.1 Å². The van der Waals surface area contributed by atoms with Gasteiger partial charge in [-0.3, -0.25) is 4.79 Å². The predicted molar refractivity (Wildman–Crippen MR) is 126 cm³/mol. The highest BCUT2D eigenvalue weighted by Crippen LogP contribution is 2.20. The highest BCUT2D eigenvalue weighted by Gasteiger charge is 2.22. The maximum atomic E-state index is 12.6. The number of anilines is 1. The summed E-state index contributed by atoms with van der Waals surface area (Å²) >= 11 is 0. The highest BCUT2D eigenvalue weighted by atomic mass is 32.2. The number of carbonyl (C=O) groups excluding carboxylic acids is 1. The average Bonchev–Trinajstić information content (AvgIpc) is 2.76. The molecule has 1 amide bonds. The van der Waals surface area contributed by atoms with E-state index < -0.39 is 15.6 Å². The molecule has 0 radical (unpaired) electrons. The van der Waals surface area contributed by atoms with E-state index in [0.29, 0.717) is 22.6 Å². The monoisotopic (exact) mass is 463 g/mol. The van der Waals surface area contributed by atoms with Gasteiger partial charge in [0.05, 0.1) is 16.5 Å². The van der Waals surface area contributed by atoms with Crippen molar-refractivity contribution >= 4 is 21.6 Å². The van der Waals surface area contributed by atoms with Gasteiger partial charge in [0.25, 0.3) is 5.91 Å². The zero-order chi connectivity index (χ0) is 24.1. The summed E-state index contributed by atoms with van der Waals surface area (Å²) in [5.74, 6) is 0.187. The molecule has 0 saturated carbocycles. The van der Waals surface area contributed by atoms with E-state index in [1.54, 1.807) is 63.2 Å². The van der Waals surface area contributed by atoms with Gasteiger partial charge in [0.2, 0.25) is 10.0 Å². The first kappa shape index (κ1) is 24.0. The van der Waals surface area contributed by atoms with E-state index >= 15 is 0 Å². The molecular formula is C25H25N3O4S. The third kappa shape index (κ3) is 6.91. The normalized spacial score (nSPS) is 11.5.